The Hall–Kier alpha value is -1.68. The Labute approximate surface area is 102 Å². The summed E-state index contributed by atoms with van der Waals surface area (Å²) >= 11 is 0. The van der Waals surface area contributed by atoms with E-state index in [2.05, 4.69) is 29.2 Å². The molecule has 0 spiro atoms. The molecular formula is C13H18N4. The Morgan fingerprint density at radius 1 is 1.35 bits per heavy atom. The highest BCUT2D eigenvalue weighted by Crippen LogP contribution is 2.13. The first-order valence-electron chi connectivity index (χ1n) is 5.86. The molecule has 0 aliphatic heterocycles. The molecule has 0 aliphatic carbocycles. The van der Waals surface area contributed by atoms with Gasteiger partial charge in [-0.2, -0.15) is 5.10 Å². The zero-order chi connectivity index (χ0) is 12.3. The van der Waals surface area contributed by atoms with Crippen molar-refractivity contribution in [2.45, 2.75) is 26.3 Å². The van der Waals surface area contributed by atoms with Crippen LogP contribution in [0.15, 0.2) is 30.6 Å². The molecule has 0 aliphatic rings. The molecule has 0 radical (unpaired) electrons. The SMILES string of the molecule is CNCc1ccnc(-n2ccc(C(C)C)n2)c1. The summed E-state index contributed by atoms with van der Waals surface area (Å²) in [5.74, 6) is 1.31. The summed E-state index contributed by atoms with van der Waals surface area (Å²) in [4.78, 5) is 4.34. The monoisotopic (exact) mass is 230 g/mol. The molecule has 2 rings (SSSR count). The number of aromatic nitrogens is 3. The summed E-state index contributed by atoms with van der Waals surface area (Å²) in [6.45, 7) is 5.11. The second-order valence-electron chi connectivity index (χ2n) is 4.39. The van der Waals surface area contributed by atoms with Crippen LogP contribution >= 0.6 is 0 Å². The van der Waals surface area contributed by atoms with Gasteiger partial charge in [-0.05, 0) is 36.7 Å². The molecule has 2 aromatic heterocycles. The van der Waals surface area contributed by atoms with E-state index in [1.807, 2.05) is 42.3 Å². The van der Waals surface area contributed by atoms with E-state index in [0.29, 0.717) is 5.92 Å². The number of nitrogens with zero attached hydrogens (tertiary/aromatic N) is 3. The normalized spacial score (nSPS) is 11.1. The minimum absolute atomic E-state index is 0.441. The molecule has 4 nitrogen and oxygen atoms in total. The van der Waals surface area contributed by atoms with E-state index in [9.17, 15) is 0 Å². The quantitative estimate of drug-likeness (QED) is 0.874. The lowest BCUT2D eigenvalue weighted by molar-refractivity contribution is 0.753. The fourth-order valence-corrected chi connectivity index (χ4v) is 1.67. The highest BCUT2D eigenvalue weighted by atomic mass is 15.3. The summed E-state index contributed by atoms with van der Waals surface area (Å²) in [6.07, 6.45) is 3.78. The maximum atomic E-state index is 4.51. The second-order valence-corrected chi connectivity index (χ2v) is 4.39. The van der Waals surface area contributed by atoms with Crippen LogP contribution in [0.25, 0.3) is 5.82 Å². The molecule has 2 heterocycles. The second kappa shape index (κ2) is 5.10. The van der Waals surface area contributed by atoms with Crippen LogP contribution in [0.1, 0.15) is 31.0 Å². The van der Waals surface area contributed by atoms with Gasteiger partial charge in [0.05, 0.1) is 5.69 Å². The minimum Gasteiger partial charge on any atom is -0.316 e. The number of pyridine rings is 1. The van der Waals surface area contributed by atoms with Gasteiger partial charge in [0, 0.05) is 18.9 Å². The summed E-state index contributed by atoms with van der Waals surface area (Å²) in [5.41, 5.74) is 2.30. The van der Waals surface area contributed by atoms with Gasteiger partial charge in [-0.15, -0.1) is 0 Å². The van der Waals surface area contributed by atoms with Gasteiger partial charge >= 0.3 is 0 Å². The van der Waals surface area contributed by atoms with Crippen molar-refractivity contribution in [2.24, 2.45) is 0 Å². The molecule has 0 fully saturated rings. The summed E-state index contributed by atoms with van der Waals surface area (Å²) in [6, 6.07) is 6.09. The average Bonchev–Trinajstić information content (AvgIpc) is 2.79. The highest BCUT2D eigenvalue weighted by Gasteiger charge is 2.05. The van der Waals surface area contributed by atoms with Crippen molar-refractivity contribution in [1.29, 1.82) is 0 Å². The molecule has 2 aromatic rings. The van der Waals surface area contributed by atoms with Crippen molar-refractivity contribution in [2.75, 3.05) is 7.05 Å². The number of nitrogens with one attached hydrogen (secondary N) is 1. The molecule has 17 heavy (non-hydrogen) atoms. The van der Waals surface area contributed by atoms with Gasteiger partial charge < -0.3 is 5.32 Å². The maximum absolute atomic E-state index is 4.51. The number of rotatable bonds is 4. The molecule has 0 amide bonds. The van der Waals surface area contributed by atoms with E-state index in [1.165, 1.54) is 5.56 Å². The van der Waals surface area contributed by atoms with Crippen LogP contribution in [0.3, 0.4) is 0 Å². The highest BCUT2D eigenvalue weighted by molar-refractivity contribution is 5.27. The third-order valence-electron chi connectivity index (χ3n) is 2.63. The molecule has 0 saturated carbocycles. The Balaban J connectivity index is 2.28. The molecule has 4 heteroatoms. The maximum Gasteiger partial charge on any atom is 0.153 e. The Morgan fingerprint density at radius 3 is 2.82 bits per heavy atom. The first kappa shape index (κ1) is 11.8. The van der Waals surface area contributed by atoms with Crippen LogP contribution in [0.5, 0.6) is 0 Å². The first-order valence-corrected chi connectivity index (χ1v) is 5.86. The zero-order valence-corrected chi connectivity index (χ0v) is 10.5. The van der Waals surface area contributed by atoms with Gasteiger partial charge in [0.15, 0.2) is 5.82 Å². The smallest absolute Gasteiger partial charge is 0.153 e. The number of hydrogen-bond donors (Lipinski definition) is 1. The third-order valence-corrected chi connectivity index (χ3v) is 2.63. The van der Waals surface area contributed by atoms with Gasteiger partial charge in [0.2, 0.25) is 0 Å². The third kappa shape index (κ3) is 2.71. The van der Waals surface area contributed by atoms with Crippen molar-refractivity contribution >= 4 is 0 Å². The van der Waals surface area contributed by atoms with Crippen molar-refractivity contribution < 1.29 is 0 Å². The van der Waals surface area contributed by atoms with Crippen LogP contribution in [0.2, 0.25) is 0 Å². The average molecular weight is 230 g/mol. The fraction of sp³-hybridized carbons (Fsp3) is 0.385. The van der Waals surface area contributed by atoms with E-state index in [1.54, 1.807) is 0 Å². The standard InChI is InChI=1S/C13H18N4/c1-10(2)12-5-7-17(16-12)13-8-11(9-14-3)4-6-15-13/h4-8,10,14H,9H2,1-3H3. The van der Waals surface area contributed by atoms with Crippen LogP contribution in [-0.4, -0.2) is 21.8 Å². The molecule has 0 bridgehead atoms. The molecule has 0 unspecified atom stereocenters. The van der Waals surface area contributed by atoms with Crippen molar-refractivity contribution in [1.82, 2.24) is 20.1 Å². The molecule has 90 valence electrons. The fourth-order valence-electron chi connectivity index (χ4n) is 1.67. The van der Waals surface area contributed by atoms with Gasteiger partial charge in [-0.1, -0.05) is 13.8 Å². The van der Waals surface area contributed by atoms with Gasteiger partial charge in [-0.3, -0.25) is 0 Å². The minimum atomic E-state index is 0.441. The predicted octanol–water partition coefficient (Wildman–Crippen LogP) is 2.11. The van der Waals surface area contributed by atoms with E-state index >= 15 is 0 Å². The van der Waals surface area contributed by atoms with Gasteiger partial charge in [0.25, 0.3) is 0 Å². The van der Waals surface area contributed by atoms with Crippen LogP contribution in [0.4, 0.5) is 0 Å². The zero-order valence-electron chi connectivity index (χ0n) is 10.5. The van der Waals surface area contributed by atoms with Gasteiger partial charge in [0.1, 0.15) is 0 Å². The lowest BCUT2D eigenvalue weighted by Gasteiger charge is -2.04. The summed E-state index contributed by atoms with van der Waals surface area (Å²) in [5, 5.41) is 7.64. The van der Waals surface area contributed by atoms with E-state index < -0.39 is 0 Å². The first-order chi connectivity index (χ1) is 8.20. The molecule has 0 aromatic carbocycles. The molecule has 1 N–H and O–H groups in total. The topological polar surface area (TPSA) is 42.7 Å². The summed E-state index contributed by atoms with van der Waals surface area (Å²) in [7, 11) is 1.94. The summed E-state index contributed by atoms with van der Waals surface area (Å²) < 4.78 is 1.83. The molecule has 0 saturated heterocycles. The molecule has 0 atom stereocenters. The van der Waals surface area contributed by atoms with E-state index in [4.69, 9.17) is 0 Å². The van der Waals surface area contributed by atoms with E-state index in [-0.39, 0.29) is 0 Å². The van der Waals surface area contributed by atoms with E-state index in [0.717, 1.165) is 18.1 Å². The van der Waals surface area contributed by atoms with Crippen LogP contribution in [0, 0.1) is 0 Å². The Morgan fingerprint density at radius 2 is 2.18 bits per heavy atom. The Kier molecular flexibility index (Phi) is 3.54. The largest absolute Gasteiger partial charge is 0.316 e. The van der Waals surface area contributed by atoms with Crippen molar-refractivity contribution in [3.63, 3.8) is 0 Å². The predicted molar refractivity (Wildman–Crippen MR) is 68.2 cm³/mol. The number of hydrogen-bond acceptors (Lipinski definition) is 3. The van der Waals surface area contributed by atoms with Crippen LogP contribution < -0.4 is 5.32 Å². The van der Waals surface area contributed by atoms with Crippen LogP contribution in [-0.2, 0) is 6.54 Å². The van der Waals surface area contributed by atoms with Crippen molar-refractivity contribution in [3.05, 3.63) is 41.9 Å². The van der Waals surface area contributed by atoms with Crippen molar-refractivity contribution in [3.8, 4) is 5.82 Å². The lowest BCUT2D eigenvalue weighted by atomic mass is 10.1. The molecular weight excluding hydrogens is 212 g/mol. The lowest BCUT2D eigenvalue weighted by Crippen LogP contribution is -2.07. The van der Waals surface area contributed by atoms with Gasteiger partial charge in [-0.25, -0.2) is 9.67 Å². The Bertz CT molecular complexity index is 488.